The molecule has 0 aromatic heterocycles. The van der Waals surface area contributed by atoms with Crippen LogP contribution in [0, 0.1) is 23.0 Å². The highest BCUT2D eigenvalue weighted by molar-refractivity contribution is 6.03. The topological polar surface area (TPSA) is 145 Å². The highest BCUT2D eigenvalue weighted by Gasteiger charge is 2.38. The van der Waals surface area contributed by atoms with E-state index in [1.165, 1.54) is 6.21 Å². The number of imide groups is 1. The van der Waals surface area contributed by atoms with Crippen LogP contribution in [0.1, 0.15) is 111 Å². The quantitative estimate of drug-likeness (QED) is 0.120. The number of hydrogen-bond donors (Lipinski definition) is 1. The Bertz CT molecular complexity index is 1120. The van der Waals surface area contributed by atoms with Crippen LogP contribution in [-0.2, 0) is 30.3 Å². The van der Waals surface area contributed by atoms with Crippen molar-refractivity contribution in [3.63, 3.8) is 0 Å². The third-order valence-electron chi connectivity index (χ3n) is 8.81. The van der Waals surface area contributed by atoms with E-state index in [2.05, 4.69) is 4.99 Å². The Kier molecular flexibility index (Phi) is 17.2. The van der Waals surface area contributed by atoms with Gasteiger partial charge in [0.2, 0.25) is 17.7 Å². The van der Waals surface area contributed by atoms with Gasteiger partial charge in [0.25, 0.3) is 0 Å². The molecule has 1 fully saturated rings. The standard InChI is InChI=1S/C36H57N4O6/c1-7-16-31(39(32(41)21-25(4)5)34(42)30(37)23-28-19-14-11-15-20-28)35(43)40(45)29(22-27-17-12-10-13-18-27)24-38-33(26(6)8-2)36(44)46-9-3/h11,14-15,19-20,24-27,29-31,33H,7-10,12-13,16-18,21-23,37H2,1-6H3/q-1/t26?,29-,30-,31-,33-/m0/s1. The Labute approximate surface area is 276 Å². The van der Waals surface area contributed by atoms with E-state index >= 15 is 0 Å². The molecule has 1 unspecified atom stereocenters. The van der Waals surface area contributed by atoms with Gasteiger partial charge in [-0.2, -0.15) is 0 Å². The number of benzene rings is 1. The molecule has 0 saturated heterocycles. The fourth-order valence-corrected chi connectivity index (χ4v) is 6.04. The average molecular weight is 642 g/mol. The summed E-state index contributed by atoms with van der Waals surface area (Å²) >= 11 is 0. The lowest BCUT2D eigenvalue weighted by molar-refractivity contribution is -0.156. The predicted octanol–water partition coefficient (Wildman–Crippen LogP) is 5.84. The van der Waals surface area contributed by atoms with Crippen molar-refractivity contribution in [2.45, 2.75) is 136 Å². The van der Waals surface area contributed by atoms with E-state index in [4.69, 9.17) is 10.5 Å². The van der Waals surface area contributed by atoms with Gasteiger partial charge >= 0.3 is 5.97 Å². The van der Waals surface area contributed by atoms with Crippen LogP contribution in [0.2, 0.25) is 0 Å². The highest BCUT2D eigenvalue weighted by atomic mass is 16.5. The number of carbonyl (C=O) groups is 4. The SMILES string of the molecule is CCC[C@@H](C(=O)N([O-])[C@H](C=N[C@H](C(=O)OCC)C(C)CC)CC1CCCCC1)N(C(=O)CC(C)C)C(=O)[C@@H](N)Cc1ccccc1. The van der Waals surface area contributed by atoms with Crippen LogP contribution in [0.5, 0.6) is 0 Å². The van der Waals surface area contributed by atoms with Gasteiger partial charge in [0, 0.05) is 12.6 Å². The van der Waals surface area contributed by atoms with Crippen LogP contribution < -0.4 is 5.73 Å². The van der Waals surface area contributed by atoms with Crippen molar-refractivity contribution >= 4 is 29.9 Å². The number of hydroxylamine groups is 2. The number of nitrogens with zero attached hydrogens (tertiary/aromatic N) is 3. The predicted molar refractivity (Wildman–Crippen MR) is 182 cm³/mol. The molecule has 3 amide bonds. The van der Waals surface area contributed by atoms with E-state index in [1.807, 2.05) is 65.0 Å². The molecule has 1 saturated carbocycles. The number of nitrogens with two attached hydrogens (primary N) is 1. The number of aliphatic imine (C=N–C) groups is 1. The minimum atomic E-state index is -1.30. The number of rotatable bonds is 18. The maximum Gasteiger partial charge on any atom is 0.331 e. The van der Waals surface area contributed by atoms with Crippen LogP contribution in [0.25, 0.3) is 0 Å². The Hall–Kier alpha value is -3.11. The van der Waals surface area contributed by atoms with Crippen molar-refractivity contribution in [2.24, 2.45) is 28.5 Å². The van der Waals surface area contributed by atoms with Gasteiger partial charge < -0.3 is 20.7 Å². The van der Waals surface area contributed by atoms with Crippen molar-refractivity contribution in [1.82, 2.24) is 9.96 Å². The molecule has 10 heteroatoms. The first-order valence-electron chi connectivity index (χ1n) is 17.3. The second-order valence-corrected chi connectivity index (χ2v) is 13.2. The number of amides is 3. The van der Waals surface area contributed by atoms with Crippen LogP contribution >= 0.6 is 0 Å². The zero-order valence-corrected chi connectivity index (χ0v) is 28.9. The molecule has 258 valence electrons. The van der Waals surface area contributed by atoms with Crippen molar-refractivity contribution in [2.75, 3.05) is 6.61 Å². The summed E-state index contributed by atoms with van der Waals surface area (Å²) in [5.41, 5.74) is 7.20. The number of carbonyl (C=O) groups excluding carboxylic acids is 4. The maximum absolute atomic E-state index is 14.2. The molecule has 5 atom stereocenters. The van der Waals surface area contributed by atoms with Crippen molar-refractivity contribution in [3.05, 3.63) is 41.1 Å². The summed E-state index contributed by atoms with van der Waals surface area (Å²) < 4.78 is 5.26. The summed E-state index contributed by atoms with van der Waals surface area (Å²) in [6.07, 6.45) is 8.36. The van der Waals surface area contributed by atoms with Gasteiger partial charge in [-0.15, -0.1) is 0 Å². The van der Waals surface area contributed by atoms with Crippen molar-refractivity contribution < 1.29 is 23.9 Å². The molecule has 0 heterocycles. The second-order valence-electron chi connectivity index (χ2n) is 13.2. The molecule has 46 heavy (non-hydrogen) atoms. The number of ether oxygens (including phenoxy) is 1. The van der Waals surface area contributed by atoms with Crippen molar-refractivity contribution in [3.8, 4) is 0 Å². The lowest BCUT2D eigenvalue weighted by Crippen LogP contribution is -2.58. The van der Waals surface area contributed by atoms with Gasteiger partial charge in [-0.05, 0) is 49.5 Å². The van der Waals surface area contributed by atoms with E-state index in [0.29, 0.717) is 24.3 Å². The number of hydrogen-bond acceptors (Lipinski definition) is 8. The van der Waals surface area contributed by atoms with Gasteiger partial charge in [0.05, 0.1) is 18.7 Å². The largest absolute Gasteiger partial charge is 0.756 e. The van der Waals surface area contributed by atoms with Gasteiger partial charge in [0.15, 0.2) is 0 Å². The Morgan fingerprint density at radius 3 is 2.24 bits per heavy atom. The van der Waals surface area contributed by atoms with Crippen LogP contribution in [0.4, 0.5) is 0 Å². The van der Waals surface area contributed by atoms with E-state index in [-0.39, 0.29) is 43.6 Å². The lowest BCUT2D eigenvalue weighted by atomic mass is 9.84. The van der Waals surface area contributed by atoms with Gasteiger partial charge in [-0.1, -0.05) is 110 Å². The summed E-state index contributed by atoms with van der Waals surface area (Å²) in [4.78, 5) is 60.0. The Balaban J connectivity index is 2.49. The van der Waals surface area contributed by atoms with Gasteiger partial charge in [-0.3, -0.25) is 24.3 Å². The summed E-state index contributed by atoms with van der Waals surface area (Å²) in [5, 5.41) is 14.5. The molecular formula is C36H57N4O6-. The molecule has 1 aliphatic carbocycles. The van der Waals surface area contributed by atoms with Gasteiger partial charge in [0.1, 0.15) is 12.1 Å². The molecule has 0 spiro atoms. The average Bonchev–Trinajstić information content (AvgIpc) is 3.03. The second kappa shape index (κ2) is 20.2. The number of esters is 1. The normalized spacial score (nSPS) is 17.2. The minimum absolute atomic E-state index is 0.0270. The first kappa shape index (κ1) is 39.1. The molecular weight excluding hydrogens is 584 g/mol. The molecule has 0 aliphatic heterocycles. The molecule has 1 aliphatic rings. The third kappa shape index (κ3) is 11.9. The zero-order valence-electron chi connectivity index (χ0n) is 28.9. The summed E-state index contributed by atoms with van der Waals surface area (Å²) in [7, 11) is 0. The molecule has 0 radical (unpaired) electrons. The minimum Gasteiger partial charge on any atom is -0.756 e. The lowest BCUT2D eigenvalue weighted by Gasteiger charge is -2.42. The maximum atomic E-state index is 14.2. The van der Waals surface area contributed by atoms with Crippen LogP contribution in [0.15, 0.2) is 35.3 Å². The first-order chi connectivity index (χ1) is 21.9. The Morgan fingerprint density at radius 2 is 1.67 bits per heavy atom. The monoisotopic (exact) mass is 641 g/mol. The summed E-state index contributed by atoms with van der Waals surface area (Å²) in [6.45, 7) is 11.3. The van der Waals surface area contributed by atoms with Crippen LogP contribution in [0.3, 0.4) is 0 Å². The van der Waals surface area contributed by atoms with E-state index in [9.17, 15) is 24.4 Å². The van der Waals surface area contributed by atoms with Gasteiger partial charge in [-0.25, -0.2) is 4.79 Å². The molecule has 2 N–H and O–H groups in total. The summed E-state index contributed by atoms with van der Waals surface area (Å²) in [5.74, 6) is -2.55. The molecule has 10 nitrogen and oxygen atoms in total. The highest BCUT2D eigenvalue weighted by Crippen LogP contribution is 2.29. The Morgan fingerprint density at radius 1 is 1.02 bits per heavy atom. The smallest absolute Gasteiger partial charge is 0.331 e. The third-order valence-corrected chi connectivity index (χ3v) is 8.81. The van der Waals surface area contributed by atoms with Crippen LogP contribution in [-0.4, -0.2) is 70.6 Å². The molecule has 2 rings (SSSR count). The fourth-order valence-electron chi connectivity index (χ4n) is 6.04. The summed E-state index contributed by atoms with van der Waals surface area (Å²) in [6, 6.07) is 5.08. The van der Waals surface area contributed by atoms with Crippen molar-refractivity contribution in [1.29, 1.82) is 0 Å². The van der Waals surface area contributed by atoms with E-state index in [0.717, 1.165) is 42.6 Å². The van der Waals surface area contributed by atoms with E-state index < -0.39 is 47.9 Å². The molecule has 0 bridgehead atoms. The zero-order chi connectivity index (χ0) is 34.2. The van der Waals surface area contributed by atoms with E-state index in [1.54, 1.807) is 6.92 Å². The molecule has 1 aromatic carbocycles. The fraction of sp³-hybridized carbons (Fsp3) is 0.694. The molecule has 1 aromatic rings. The first-order valence-corrected chi connectivity index (χ1v) is 17.3.